The van der Waals surface area contributed by atoms with Gasteiger partial charge in [0.2, 0.25) is 0 Å². The molecule has 2 heterocycles. The molecule has 0 unspecified atom stereocenters. The van der Waals surface area contributed by atoms with Crippen molar-refractivity contribution in [2.45, 2.75) is 12.8 Å². The van der Waals surface area contributed by atoms with E-state index in [9.17, 15) is 4.79 Å². The molecule has 1 amide bonds. The van der Waals surface area contributed by atoms with E-state index in [1.54, 1.807) is 0 Å². The maximum absolute atomic E-state index is 12.0. The van der Waals surface area contributed by atoms with Crippen LogP contribution in [-0.4, -0.2) is 19.0 Å². The fourth-order valence-corrected chi connectivity index (χ4v) is 3.64. The summed E-state index contributed by atoms with van der Waals surface area (Å²) >= 11 is 4.80. The Kier molecular flexibility index (Phi) is 4.08. The minimum absolute atomic E-state index is 0.0605. The molecule has 1 N–H and O–H groups in total. The minimum Gasteiger partial charge on any atom is -0.372 e. The van der Waals surface area contributed by atoms with E-state index in [-0.39, 0.29) is 5.91 Å². The summed E-state index contributed by atoms with van der Waals surface area (Å²) in [6.45, 7) is 2.27. The molecule has 0 spiro atoms. The Hall–Kier alpha value is -1.33. The fourth-order valence-electron chi connectivity index (χ4n) is 2.36. The summed E-state index contributed by atoms with van der Waals surface area (Å²) in [5.74, 6) is -0.0605. The van der Waals surface area contributed by atoms with Crippen LogP contribution < -0.4 is 10.2 Å². The Morgan fingerprint density at radius 2 is 1.80 bits per heavy atom. The highest BCUT2D eigenvalue weighted by molar-refractivity contribution is 9.11. The first-order valence-electron chi connectivity index (χ1n) is 6.64. The topological polar surface area (TPSA) is 32.3 Å². The van der Waals surface area contributed by atoms with Crippen molar-refractivity contribution in [3.05, 3.63) is 45.1 Å². The average molecular weight is 351 g/mol. The van der Waals surface area contributed by atoms with Gasteiger partial charge in [0.05, 0.1) is 8.66 Å². The smallest absolute Gasteiger partial charge is 0.265 e. The molecule has 0 radical (unpaired) electrons. The molecule has 1 saturated heterocycles. The molecular formula is C15H15BrN2OS. The lowest BCUT2D eigenvalue weighted by atomic mass is 10.2. The van der Waals surface area contributed by atoms with E-state index in [1.807, 2.05) is 24.3 Å². The summed E-state index contributed by atoms with van der Waals surface area (Å²) in [5.41, 5.74) is 2.07. The van der Waals surface area contributed by atoms with Gasteiger partial charge in [-0.1, -0.05) is 0 Å². The Morgan fingerprint density at radius 3 is 2.40 bits per heavy atom. The van der Waals surface area contributed by atoms with Crippen LogP contribution in [-0.2, 0) is 0 Å². The molecule has 0 bridgehead atoms. The first-order chi connectivity index (χ1) is 9.72. The van der Waals surface area contributed by atoms with Gasteiger partial charge in [0.1, 0.15) is 0 Å². The Bertz CT molecular complexity index is 603. The number of nitrogens with zero attached hydrogens (tertiary/aromatic N) is 1. The van der Waals surface area contributed by atoms with Gasteiger partial charge in [-0.15, -0.1) is 11.3 Å². The normalized spacial score (nSPS) is 14.6. The summed E-state index contributed by atoms with van der Waals surface area (Å²) in [6.07, 6.45) is 2.54. The van der Waals surface area contributed by atoms with Gasteiger partial charge in [0.25, 0.3) is 5.91 Å². The predicted octanol–water partition coefficient (Wildman–Crippen LogP) is 4.36. The predicted molar refractivity (Wildman–Crippen MR) is 87.9 cm³/mol. The van der Waals surface area contributed by atoms with Crippen LogP contribution in [0.3, 0.4) is 0 Å². The summed E-state index contributed by atoms with van der Waals surface area (Å²) in [6, 6.07) is 11.8. The zero-order valence-electron chi connectivity index (χ0n) is 10.9. The number of halogens is 1. The lowest BCUT2D eigenvalue weighted by Gasteiger charge is -2.17. The van der Waals surface area contributed by atoms with E-state index in [4.69, 9.17) is 0 Å². The molecule has 20 heavy (non-hydrogen) atoms. The van der Waals surface area contributed by atoms with Gasteiger partial charge in [-0.25, -0.2) is 0 Å². The van der Waals surface area contributed by atoms with E-state index in [2.05, 4.69) is 38.3 Å². The van der Waals surface area contributed by atoms with Crippen LogP contribution in [0.2, 0.25) is 0 Å². The molecule has 1 aliphatic rings. The van der Waals surface area contributed by atoms with Crippen molar-refractivity contribution >= 4 is 44.5 Å². The third kappa shape index (κ3) is 3.04. The maximum Gasteiger partial charge on any atom is 0.265 e. The number of hydrogen-bond acceptors (Lipinski definition) is 3. The largest absolute Gasteiger partial charge is 0.372 e. The lowest BCUT2D eigenvalue weighted by molar-refractivity contribution is 0.103. The number of amides is 1. The lowest BCUT2D eigenvalue weighted by Crippen LogP contribution is -2.17. The number of thiophene rings is 1. The zero-order valence-corrected chi connectivity index (χ0v) is 13.3. The first-order valence-corrected chi connectivity index (χ1v) is 8.25. The Balaban J connectivity index is 1.67. The second-order valence-corrected chi connectivity index (χ2v) is 7.26. The van der Waals surface area contributed by atoms with Crippen LogP contribution >= 0.6 is 27.3 Å². The molecule has 0 aliphatic carbocycles. The van der Waals surface area contributed by atoms with Crippen LogP contribution in [0.4, 0.5) is 11.4 Å². The molecular weight excluding hydrogens is 336 g/mol. The highest BCUT2D eigenvalue weighted by Crippen LogP contribution is 2.24. The van der Waals surface area contributed by atoms with Crippen molar-refractivity contribution in [1.29, 1.82) is 0 Å². The van der Waals surface area contributed by atoms with Crippen LogP contribution in [0.5, 0.6) is 0 Å². The molecule has 5 heteroatoms. The van der Waals surface area contributed by atoms with Crippen LogP contribution in [0, 0.1) is 0 Å². The van der Waals surface area contributed by atoms with Gasteiger partial charge in [0, 0.05) is 24.5 Å². The number of anilines is 2. The van der Waals surface area contributed by atoms with Crippen molar-refractivity contribution in [2.24, 2.45) is 0 Å². The zero-order chi connectivity index (χ0) is 13.9. The van der Waals surface area contributed by atoms with Gasteiger partial charge in [-0.2, -0.15) is 0 Å². The van der Waals surface area contributed by atoms with E-state index < -0.39 is 0 Å². The second-order valence-electron chi connectivity index (χ2n) is 4.80. The minimum atomic E-state index is -0.0605. The van der Waals surface area contributed by atoms with Gasteiger partial charge in [-0.05, 0) is 65.2 Å². The van der Waals surface area contributed by atoms with Gasteiger partial charge >= 0.3 is 0 Å². The maximum atomic E-state index is 12.0. The fraction of sp³-hybridized carbons (Fsp3) is 0.267. The first kappa shape index (κ1) is 13.6. The van der Waals surface area contributed by atoms with Crippen molar-refractivity contribution < 1.29 is 4.79 Å². The monoisotopic (exact) mass is 350 g/mol. The average Bonchev–Trinajstić information content (AvgIpc) is 3.10. The summed E-state index contributed by atoms with van der Waals surface area (Å²) in [4.78, 5) is 15.1. The number of rotatable bonds is 3. The van der Waals surface area contributed by atoms with Crippen molar-refractivity contribution in [3.8, 4) is 0 Å². The number of carbonyl (C=O) groups excluding carboxylic acids is 1. The molecule has 3 nitrogen and oxygen atoms in total. The van der Waals surface area contributed by atoms with Crippen LogP contribution in [0.25, 0.3) is 0 Å². The second kappa shape index (κ2) is 5.97. The third-order valence-electron chi connectivity index (χ3n) is 3.39. The number of carbonyl (C=O) groups is 1. The van der Waals surface area contributed by atoms with Crippen LogP contribution in [0.1, 0.15) is 22.5 Å². The SMILES string of the molecule is O=C(Nc1ccc(N2CCCC2)cc1)c1ccc(Br)s1. The standard InChI is InChI=1S/C15H15BrN2OS/c16-14-8-7-13(20-14)15(19)17-11-3-5-12(6-4-11)18-9-1-2-10-18/h3-8H,1-2,9-10H2,(H,17,19). The molecule has 2 aromatic rings. The number of benzene rings is 1. The van der Waals surface area contributed by atoms with Crippen molar-refractivity contribution in [3.63, 3.8) is 0 Å². The van der Waals surface area contributed by atoms with Gasteiger partial charge in [-0.3, -0.25) is 4.79 Å². The summed E-state index contributed by atoms with van der Waals surface area (Å²) in [5, 5.41) is 2.92. The Morgan fingerprint density at radius 1 is 1.10 bits per heavy atom. The van der Waals surface area contributed by atoms with Gasteiger partial charge < -0.3 is 10.2 Å². The molecule has 1 aromatic heterocycles. The molecule has 1 fully saturated rings. The molecule has 0 saturated carbocycles. The van der Waals surface area contributed by atoms with E-state index in [0.717, 1.165) is 22.6 Å². The number of hydrogen-bond donors (Lipinski definition) is 1. The molecule has 104 valence electrons. The van der Waals surface area contributed by atoms with Gasteiger partial charge in [0.15, 0.2) is 0 Å². The van der Waals surface area contributed by atoms with Crippen LogP contribution in [0.15, 0.2) is 40.2 Å². The molecule has 3 rings (SSSR count). The summed E-state index contributed by atoms with van der Waals surface area (Å²) in [7, 11) is 0. The third-order valence-corrected chi connectivity index (χ3v) is 5.02. The molecule has 1 aliphatic heterocycles. The van der Waals surface area contributed by atoms with E-state index in [1.165, 1.54) is 29.9 Å². The highest BCUT2D eigenvalue weighted by Gasteiger charge is 2.12. The van der Waals surface area contributed by atoms with E-state index in [0.29, 0.717) is 4.88 Å². The summed E-state index contributed by atoms with van der Waals surface area (Å²) < 4.78 is 0.965. The van der Waals surface area contributed by atoms with Crippen molar-refractivity contribution in [2.75, 3.05) is 23.3 Å². The molecule has 1 aromatic carbocycles. The quantitative estimate of drug-likeness (QED) is 0.891. The Labute approximate surface area is 130 Å². The highest BCUT2D eigenvalue weighted by atomic mass is 79.9. The molecule has 0 atom stereocenters. The van der Waals surface area contributed by atoms with Crippen molar-refractivity contribution in [1.82, 2.24) is 0 Å². The van der Waals surface area contributed by atoms with E-state index >= 15 is 0 Å². The number of nitrogens with one attached hydrogen (secondary N) is 1.